The molecule has 0 radical (unpaired) electrons. The quantitative estimate of drug-likeness (QED) is 0.899. The van der Waals surface area contributed by atoms with E-state index in [2.05, 4.69) is 40.3 Å². The predicted octanol–water partition coefficient (Wildman–Crippen LogP) is 2.56. The number of hydrogen-bond acceptors (Lipinski definition) is 2. The Morgan fingerprint density at radius 1 is 1.25 bits per heavy atom. The Morgan fingerprint density at radius 2 is 2.15 bits per heavy atom. The normalized spacial score (nSPS) is 30.1. The van der Waals surface area contributed by atoms with E-state index in [4.69, 9.17) is 0 Å². The highest BCUT2D eigenvalue weighted by Crippen LogP contribution is 2.35. The molecule has 3 heterocycles. The molecule has 106 valence electrons. The second-order valence-corrected chi connectivity index (χ2v) is 6.42. The fraction of sp³-hybridized carbons (Fsp3) is 0.529. The molecule has 0 spiro atoms. The van der Waals surface area contributed by atoms with Gasteiger partial charge in [-0.25, -0.2) is 0 Å². The van der Waals surface area contributed by atoms with Crippen LogP contribution in [-0.4, -0.2) is 40.2 Å². The molecule has 5 rings (SSSR count). The minimum atomic E-state index is -0.0922. The van der Waals surface area contributed by atoms with Gasteiger partial charge in [-0.1, -0.05) is 18.2 Å². The van der Waals surface area contributed by atoms with Gasteiger partial charge in [-0.15, -0.1) is 0 Å². The van der Waals surface area contributed by atoms with Gasteiger partial charge in [0.05, 0.1) is 6.10 Å². The van der Waals surface area contributed by atoms with Crippen LogP contribution in [0.2, 0.25) is 0 Å². The summed E-state index contributed by atoms with van der Waals surface area (Å²) in [6, 6.07) is 8.91. The van der Waals surface area contributed by atoms with Crippen molar-refractivity contribution in [2.45, 2.75) is 37.8 Å². The Morgan fingerprint density at radius 3 is 3.00 bits per heavy atom. The predicted molar refractivity (Wildman–Crippen MR) is 80.7 cm³/mol. The Kier molecular flexibility index (Phi) is 3.04. The summed E-state index contributed by atoms with van der Waals surface area (Å²) in [5, 5.41) is 11.5. The number of nitrogens with zero attached hydrogens (tertiary/aromatic N) is 1. The highest BCUT2D eigenvalue weighted by Gasteiger charge is 2.39. The maximum Gasteiger partial charge on any atom is 0.0698 e. The molecule has 2 bridgehead atoms. The molecular weight excluding hydrogens is 248 g/mol. The highest BCUT2D eigenvalue weighted by molar-refractivity contribution is 5.83. The third-order valence-corrected chi connectivity index (χ3v) is 5.19. The van der Waals surface area contributed by atoms with Crippen LogP contribution >= 0.6 is 0 Å². The van der Waals surface area contributed by atoms with Crippen molar-refractivity contribution in [3.63, 3.8) is 0 Å². The summed E-state index contributed by atoms with van der Waals surface area (Å²) < 4.78 is 0. The number of aromatic amines is 1. The van der Waals surface area contributed by atoms with E-state index in [9.17, 15) is 5.11 Å². The lowest BCUT2D eigenvalue weighted by molar-refractivity contribution is -0.0535. The van der Waals surface area contributed by atoms with Crippen LogP contribution in [0, 0.1) is 5.92 Å². The van der Waals surface area contributed by atoms with Gasteiger partial charge in [0, 0.05) is 36.2 Å². The number of nitrogens with one attached hydrogen (secondary N) is 1. The van der Waals surface area contributed by atoms with Gasteiger partial charge in [0.1, 0.15) is 0 Å². The lowest BCUT2D eigenvalue weighted by Gasteiger charge is -2.48. The van der Waals surface area contributed by atoms with Crippen molar-refractivity contribution in [2.75, 3.05) is 13.1 Å². The fourth-order valence-electron chi connectivity index (χ4n) is 4.13. The smallest absolute Gasteiger partial charge is 0.0698 e. The molecule has 2 aromatic rings. The van der Waals surface area contributed by atoms with Crippen molar-refractivity contribution in [1.82, 2.24) is 9.88 Å². The molecule has 1 aliphatic carbocycles. The number of benzene rings is 1. The van der Waals surface area contributed by atoms with Gasteiger partial charge >= 0.3 is 0 Å². The zero-order valence-electron chi connectivity index (χ0n) is 11.8. The molecule has 3 atom stereocenters. The van der Waals surface area contributed by atoms with Gasteiger partial charge in [0.15, 0.2) is 0 Å². The van der Waals surface area contributed by atoms with Crippen molar-refractivity contribution in [1.29, 1.82) is 0 Å². The van der Waals surface area contributed by atoms with Crippen molar-refractivity contribution < 1.29 is 5.11 Å². The summed E-state index contributed by atoms with van der Waals surface area (Å²) in [6.45, 7) is 2.25. The third kappa shape index (κ3) is 2.05. The molecule has 20 heavy (non-hydrogen) atoms. The van der Waals surface area contributed by atoms with Crippen LogP contribution in [0.25, 0.3) is 10.9 Å². The first-order chi connectivity index (χ1) is 9.81. The molecule has 3 nitrogen and oxygen atoms in total. The molecule has 1 saturated carbocycles. The summed E-state index contributed by atoms with van der Waals surface area (Å²) in [4.78, 5) is 5.87. The molecule has 0 amide bonds. The Balaban J connectivity index is 1.48. The summed E-state index contributed by atoms with van der Waals surface area (Å²) in [6.07, 6.45) is 6.63. The van der Waals surface area contributed by atoms with E-state index in [1.54, 1.807) is 0 Å². The van der Waals surface area contributed by atoms with Gasteiger partial charge in [-0.3, -0.25) is 4.90 Å². The second kappa shape index (κ2) is 4.90. The maximum atomic E-state index is 10.2. The number of aliphatic hydroxyl groups is 1. The van der Waals surface area contributed by atoms with E-state index in [0.717, 1.165) is 25.3 Å². The van der Waals surface area contributed by atoms with Gasteiger partial charge < -0.3 is 10.1 Å². The molecule has 2 saturated heterocycles. The fourth-order valence-corrected chi connectivity index (χ4v) is 4.13. The average molecular weight is 270 g/mol. The molecule has 3 heteroatoms. The first kappa shape index (κ1) is 12.4. The van der Waals surface area contributed by atoms with Gasteiger partial charge in [-0.05, 0) is 43.2 Å². The number of aliphatic hydroxyl groups excluding tert-OH is 1. The summed E-state index contributed by atoms with van der Waals surface area (Å²) in [7, 11) is 0. The van der Waals surface area contributed by atoms with Gasteiger partial charge in [0.25, 0.3) is 0 Å². The summed E-state index contributed by atoms with van der Waals surface area (Å²) in [5.41, 5.74) is 2.62. The van der Waals surface area contributed by atoms with Crippen molar-refractivity contribution in [2.24, 2.45) is 5.92 Å². The van der Waals surface area contributed by atoms with E-state index >= 15 is 0 Å². The lowest BCUT2D eigenvalue weighted by Crippen LogP contribution is -2.55. The number of fused-ring (bicyclic) bond motifs is 4. The number of H-pyrrole nitrogens is 1. The monoisotopic (exact) mass is 270 g/mol. The molecule has 3 fully saturated rings. The second-order valence-electron chi connectivity index (χ2n) is 6.42. The maximum absolute atomic E-state index is 10.2. The third-order valence-electron chi connectivity index (χ3n) is 5.19. The molecule has 2 N–H and O–H groups in total. The Labute approximate surface area is 119 Å². The molecule has 2 aliphatic heterocycles. The molecule has 3 unspecified atom stereocenters. The highest BCUT2D eigenvalue weighted by atomic mass is 16.3. The van der Waals surface area contributed by atoms with E-state index in [-0.39, 0.29) is 6.10 Å². The van der Waals surface area contributed by atoms with Gasteiger partial charge in [0.2, 0.25) is 0 Å². The topological polar surface area (TPSA) is 39.3 Å². The number of hydrogen-bond donors (Lipinski definition) is 2. The van der Waals surface area contributed by atoms with Crippen LogP contribution in [0.5, 0.6) is 0 Å². The lowest BCUT2D eigenvalue weighted by atomic mass is 9.78. The van der Waals surface area contributed by atoms with Crippen LogP contribution in [-0.2, 0) is 6.42 Å². The van der Waals surface area contributed by atoms with E-state index < -0.39 is 0 Å². The van der Waals surface area contributed by atoms with Crippen LogP contribution in [0.1, 0.15) is 24.8 Å². The Bertz CT molecular complexity index is 606. The minimum Gasteiger partial charge on any atom is -0.391 e. The van der Waals surface area contributed by atoms with Crippen LogP contribution in [0.15, 0.2) is 30.5 Å². The molecule has 1 aromatic carbocycles. The minimum absolute atomic E-state index is 0.0922. The van der Waals surface area contributed by atoms with Crippen LogP contribution < -0.4 is 0 Å². The Hall–Kier alpha value is -1.32. The molecule has 3 aliphatic rings. The first-order valence-electron chi connectivity index (χ1n) is 7.78. The van der Waals surface area contributed by atoms with Crippen molar-refractivity contribution in [3.8, 4) is 0 Å². The number of aromatic nitrogens is 1. The van der Waals surface area contributed by atoms with E-state index in [1.807, 2.05) is 0 Å². The SMILES string of the molecule is OC1CC2CCC1N(CCc1c[nH]c3ccccc13)C2. The van der Waals surface area contributed by atoms with Gasteiger partial charge in [-0.2, -0.15) is 0 Å². The average Bonchev–Trinajstić information content (AvgIpc) is 2.89. The van der Waals surface area contributed by atoms with E-state index in [1.165, 1.54) is 35.9 Å². The zero-order chi connectivity index (χ0) is 13.5. The van der Waals surface area contributed by atoms with E-state index in [0.29, 0.717) is 6.04 Å². The summed E-state index contributed by atoms with van der Waals surface area (Å²) >= 11 is 0. The van der Waals surface area contributed by atoms with Crippen molar-refractivity contribution in [3.05, 3.63) is 36.0 Å². The largest absolute Gasteiger partial charge is 0.391 e. The standard InChI is InChI=1S/C17H22N2O/c20-17-9-12-5-6-16(17)19(11-12)8-7-13-10-18-15-4-2-1-3-14(13)15/h1-4,10,12,16-18,20H,5-9,11H2. The first-order valence-corrected chi connectivity index (χ1v) is 7.78. The van der Waals surface area contributed by atoms with Crippen LogP contribution in [0.3, 0.4) is 0 Å². The number of para-hydroxylation sites is 1. The number of piperidine rings is 2. The molecule has 1 aromatic heterocycles. The van der Waals surface area contributed by atoms with Crippen LogP contribution in [0.4, 0.5) is 0 Å². The molecular formula is C17H22N2O. The number of rotatable bonds is 3. The zero-order valence-corrected chi connectivity index (χ0v) is 11.8. The summed E-state index contributed by atoms with van der Waals surface area (Å²) in [5.74, 6) is 0.720. The van der Waals surface area contributed by atoms with Crippen molar-refractivity contribution >= 4 is 10.9 Å².